The topological polar surface area (TPSA) is 96.5 Å². The molecule has 1 aliphatic heterocycles. The number of thiocarbonyl (C=S) groups is 1. The van der Waals surface area contributed by atoms with Crippen LogP contribution >= 0.6 is 12.2 Å². The Morgan fingerprint density at radius 1 is 1.30 bits per heavy atom. The van der Waals surface area contributed by atoms with Gasteiger partial charge in [0.05, 0.1) is 24.5 Å². The first-order valence-corrected chi connectivity index (χ1v) is 9.29. The molecule has 0 unspecified atom stereocenters. The Balaban J connectivity index is 1.71. The van der Waals surface area contributed by atoms with Crippen LogP contribution in [0.4, 0.5) is 0 Å². The van der Waals surface area contributed by atoms with Crippen molar-refractivity contribution in [2.75, 3.05) is 18.6 Å². The fourth-order valence-electron chi connectivity index (χ4n) is 2.19. The van der Waals surface area contributed by atoms with Gasteiger partial charge in [-0.15, -0.1) is 0 Å². The minimum absolute atomic E-state index is 0.0608. The van der Waals surface area contributed by atoms with Crippen LogP contribution in [0.1, 0.15) is 12.0 Å². The van der Waals surface area contributed by atoms with Gasteiger partial charge in [-0.25, -0.2) is 8.42 Å². The molecule has 0 radical (unpaired) electrons. The van der Waals surface area contributed by atoms with E-state index < -0.39 is 15.8 Å². The molecule has 0 saturated carbocycles. The van der Waals surface area contributed by atoms with E-state index in [1.807, 2.05) is 24.3 Å². The van der Waals surface area contributed by atoms with E-state index >= 15 is 0 Å². The third kappa shape index (κ3) is 5.36. The summed E-state index contributed by atoms with van der Waals surface area (Å²) in [4.78, 5) is 11.8. The first kappa shape index (κ1) is 17.5. The van der Waals surface area contributed by atoms with E-state index in [-0.39, 0.29) is 22.5 Å². The second kappa shape index (κ2) is 7.60. The standard InChI is InChI=1S/C14H19N3O4S2/c1-21-12-4-2-10(3-5-12)8-15-14(22)17-16-13(18)11-6-7-23(19,20)9-11/h2-5,11H,6-9H2,1H3,(H,16,18)(H2,15,17,22)/t11-/m0/s1. The van der Waals surface area contributed by atoms with Crippen LogP contribution < -0.4 is 20.9 Å². The largest absolute Gasteiger partial charge is 0.497 e. The highest BCUT2D eigenvalue weighted by Gasteiger charge is 2.32. The van der Waals surface area contributed by atoms with Crippen molar-refractivity contribution in [2.45, 2.75) is 13.0 Å². The average molecular weight is 357 g/mol. The van der Waals surface area contributed by atoms with Crippen molar-refractivity contribution < 1.29 is 17.9 Å². The number of hydrogen-bond donors (Lipinski definition) is 3. The molecule has 2 rings (SSSR count). The van der Waals surface area contributed by atoms with Crippen LogP contribution in [-0.2, 0) is 21.2 Å². The van der Waals surface area contributed by atoms with E-state index in [1.165, 1.54) is 0 Å². The van der Waals surface area contributed by atoms with E-state index in [2.05, 4.69) is 16.2 Å². The third-order valence-corrected chi connectivity index (χ3v) is 5.53. The molecule has 1 heterocycles. The van der Waals surface area contributed by atoms with Gasteiger partial charge >= 0.3 is 0 Å². The fraction of sp³-hybridized carbons (Fsp3) is 0.429. The summed E-state index contributed by atoms with van der Waals surface area (Å²) in [5.41, 5.74) is 6.02. The van der Waals surface area contributed by atoms with Crippen molar-refractivity contribution in [1.82, 2.24) is 16.2 Å². The Labute approximate surface area is 140 Å². The molecule has 1 fully saturated rings. The zero-order valence-electron chi connectivity index (χ0n) is 12.7. The van der Waals surface area contributed by atoms with E-state index in [0.29, 0.717) is 13.0 Å². The number of carbonyl (C=O) groups is 1. The van der Waals surface area contributed by atoms with E-state index in [4.69, 9.17) is 17.0 Å². The molecule has 9 heteroatoms. The molecule has 23 heavy (non-hydrogen) atoms. The predicted molar refractivity (Wildman–Crippen MR) is 90.5 cm³/mol. The number of methoxy groups -OCH3 is 1. The van der Waals surface area contributed by atoms with Gasteiger partial charge in [-0.1, -0.05) is 12.1 Å². The SMILES string of the molecule is COc1ccc(CNC(=S)NNC(=O)[C@H]2CCS(=O)(=O)C2)cc1. The van der Waals surface area contributed by atoms with E-state index in [9.17, 15) is 13.2 Å². The van der Waals surface area contributed by atoms with Gasteiger partial charge < -0.3 is 10.1 Å². The van der Waals surface area contributed by atoms with Crippen LogP contribution in [0, 0.1) is 5.92 Å². The molecular formula is C14H19N3O4S2. The summed E-state index contributed by atoms with van der Waals surface area (Å²) in [5.74, 6) is -0.151. The Bertz CT molecular complexity index is 674. The lowest BCUT2D eigenvalue weighted by molar-refractivity contribution is -0.124. The maximum absolute atomic E-state index is 11.8. The van der Waals surface area contributed by atoms with Gasteiger partial charge in [0.25, 0.3) is 0 Å². The van der Waals surface area contributed by atoms with Crippen molar-refractivity contribution in [3.63, 3.8) is 0 Å². The van der Waals surface area contributed by atoms with Crippen LogP contribution in [0.2, 0.25) is 0 Å². The fourth-order valence-corrected chi connectivity index (χ4v) is 4.06. The minimum atomic E-state index is -3.08. The van der Waals surface area contributed by atoms with E-state index in [1.54, 1.807) is 7.11 Å². The van der Waals surface area contributed by atoms with Crippen LogP contribution in [0.25, 0.3) is 0 Å². The normalized spacial score (nSPS) is 18.9. The second-order valence-electron chi connectivity index (χ2n) is 5.24. The zero-order chi connectivity index (χ0) is 16.9. The predicted octanol–water partition coefficient (Wildman–Crippen LogP) is 0.125. The van der Waals surface area contributed by atoms with Crippen LogP contribution in [0.15, 0.2) is 24.3 Å². The first-order chi connectivity index (χ1) is 10.9. The van der Waals surface area contributed by atoms with Gasteiger partial charge in [0.1, 0.15) is 5.75 Å². The van der Waals surface area contributed by atoms with Gasteiger partial charge in [0, 0.05) is 6.54 Å². The highest BCUT2D eigenvalue weighted by atomic mass is 32.2. The molecule has 1 atom stereocenters. The molecule has 3 N–H and O–H groups in total. The van der Waals surface area contributed by atoms with Crippen molar-refractivity contribution in [2.24, 2.45) is 5.92 Å². The molecule has 126 valence electrons. The maximum atomic E-state index is 11.8. The minimum Gasteiger partial charge on any atom is -0.497 e. The van der Waals surface area contributed by atoms with Gasteiger partial charge in [0.15, 0.2) is 14.9 Å². The highest BCUT2D eigenvalue weighted by Crippen LogP contribution is 2.18. The number of benzene rings is 1. The quantitative estimate of drug-likeness (QED) is 0.520. The number of rotatable bonds is 4. The van der Waals surface area contributed by atoms with Gasteiger partial charge in [-0.05, 0) is 36.3 Å². The van der Waals surface area contributed by atoms with E-state index in [0.717, 1.165) is 11.3 Å². The summed E-state index contributed by atoms with van der Waals surface area (Å²) in [7, 11) is -1.48. The summed E-state index contributed by atoms with van der Waals surface area (Å²) in [6.45, 7) is 0.490. The highest BCUT2D eigenvalue weighted by molar-refractivity contribution is 7.91. The molecule has 1 saturated heterocycles. The molecular weight excluding hydrogens is 338 g/mol. The lowest BCUT2D eigenvalue weighted by Gasteiger charge is -2.13. The molecule has 1 aliphatic rings. The molecule has 1 amide bonds. The Kier molecular flexibility index (Phi) is 5.78. The van der Waals surface area contributed by atoms with Gasteiger partial charge in [-0.3, -0.25) is 15.6 Å². The number of sulfone groups is 1. The monoisotopic (exact) mass is 357 g/mol. The molecule has 0 aromatic heterocycles. The smallest absolute Gasteiger partial charge is 0.242 e. The lowest BCUT2D eigenvalue weighted by Crippen LogP contribution is -2.48. The van der Waals surface area contributed by atoms with Gasteiger partial charge in [-0.2, -0.15) is 0 Å². The molecule has 0 bridgehead atoms. The summed E-state index contributed by atoms with van der Waals surface area (Å²) in [6.07, 6.45) is 0.349. The number of amides is 1. The molecule has 1 aromatic rings. The van der Waals surface area contributed by atoms with Crippen molar-refractivity contribution >= 4 is 33.1 Å². The number of hydrogen-bond acceptors (Lipinski definition) is 5. The third-order valence-electron chi connectivity index (χ3n) is 3.51. The summed E-state index contributed by atoms with van der Waals surface area (Å²) in [5, 5.41) is 3.20. The zero-order valence-corrected chi connectivity index (χ0v) is 14.3. The number of carbonyl (C=O) groups excluding carboxylic acids is 1. The summed E-state index contributed by atoms with van der Waals surface area (Å²) in [6, 6.07) is 7.48. The second-order valence-corrected chi connectivity index (χ2v) is 7.88. The van der Waals surface area contributed by atoms with Crippen LogP contribution in [0.3, 0.4) is 0 Å². The number of nitrogens with one attached hydrogen (secondary N) is 3. The molecule has 0 aliphatic carbocycles. The number of hydrazine groups is 1. The molecule has 0 spiro atoms. The number of ether oxygens (including phenoxy) is 1. The van der Waals surface area contributed by atoms with Crippen molar-refractivity contribution in [1.29, 1.82) is 0 Å². The lowest BCUT2D eigenvalue weighted by atomic mass is 10.1. The van der Waals surface area contributed by atoms with Crippen LogP contribution in [-0.4, -0.2) is 38.1 Å². The van der Waals surface area contributed by atoms with Crippen molar-refractivity contribution in [3.05, 3.63) is 29.8 Å². The molecule has 7 nitrogen and oxygen atoms in total. The van der Waals surface area contributed by atoms with Crippen molar-refractivity contribution in [3.8, 4) is 5.75 Å². The Morgan fingerprint density at radius 3 is 2.57 bits per heavy atom. The molecule has 1 aromatic carbocycles. The van der Waals surface area contributed by atoms with Crippen LogP contribution in [0.5, 0.6) is 5.75 Å². The Hall–Kier alpha value is -1.87. The summed E-state index contributed by atoms with van der Waals surface area (Å²) >= 11 is 5.06. The average Bonchev–Trinajstić information content (AvgIpc) is 2.91. The summed E-state index contributed by atoms with van der Waals surface area (Å²) < 4.78 is 27.8. The Morgan fingerprint density at radius 2 is 2.00 bits per heavy atom. The first-order valence-electron chi connectivity index (χ1n) is 7.06. The maximum Gasteiger partial charge on any atom is 0.242 e. The van der Waals surface area contributed by atoms with Gasteiger partial charge in [0.2, 0.25) is 5.91 Å².